The zero-order valence-corrected chi connectivity index (χ0v) is 18.6. The van der Waals surface area contributed by atoms with E-state index in [9.17, 15) is 9.59 Å². The summed E-state index contributed by atoms with van der Waals surface area (Å²) < 4.78 is 5.42. The molecular weight excluding hydrogens is 402 g/mol. The van der Waals surface area contributed by atoms with Crippen molar-refractivity contribution in [2.75, 3.05) is 39.4 Å². The summed E-state index contributed by atoms with van der Waals surface area (Å²) in [6.45, 7) is 6.76. The van der Waals surface area contributed by atoms with Crippen LogP contribution in [0.25, 0.3) is 0 Å². The summed E-state index contributed by atoms with van der Waals surface area (Å²) in [5, 5.41) is 3.19. The fourth-order valence-electron chi connectivity index (χ4n) is 5.07. The number of amides is 2. The van der Waals surface area contributed by atoms with E-state index in [0.717, 1.165) is 62.4 Å². The number of fused-ring (bicyclic) bond motifs is 1. The second-order valence-electron chi connectivity index (χ2n) is 9.11. The van der Waals surface area contributed by atoms with E-state index in [-0.39, 0.29) is 23.9 Å². The number of carbonyl (C=O) groups excluding carboxylic acids is 2. The number of hydrogen-bond donors (Lipinski definition) is 1. The highest BCUT2D eigenvalue weighted by Crippen LogP contribution is 2.47. The highest BCUT2D eigenvalue weighted by molar-refractivity contribution is 6.01. The number of nitrogens with zero attached hydrogens (tertiary/aromatic N) is 2. The lowest BCUT2D eigenvalue weighted by atomic mass is 9.78. The predicted molar refractivity (Wildman–Crippen MR) is 123 cm³/mol. The van der Waals surface area contributed by atoms with Crippen LogP contribution in [-0.2, 0) is 9.53 Å². The predicted octanol–water partition coefficient (Wildman–Crippen LogP) is 2.89. The second kappa shape index (κ2) is 9.04. The van der Waals surface area contributed by atoms with Crippen LogP contribution in [0.5, 0.6) is 0 Å². The highest BCUT2D eigenvalue weighted by Gasteiger charge is 2.48. The lowest BCUT2D eigenvalue weighted by Crippen LogP contribution is -2.49. The van der Waals surface area contributed by atoms with E-state index in [0.29, 0.717) is 12.1 Å². The summed E-state index contributed by atoms with van der Waals surface area (Å²) in [4.78, 5) is 31.5. The summed E-state index contributed by atoms with van der Waals surface area (Å²) >= 11 is 0. The Balaban J connectivity index is 1.46. The molecule has 1 saturated heterocycles. The zero-order chi connectivity index (χ0) is 22.1. The van der Waals surface area contributed by atoms with Crippen molar-refractivity contribution in [2.45, 2.75) is 37.8 Å². The first-order chi connectivity index (χ1) is 15.6. The lowest BCUT2D eigenvalue weighted by molar-refractivity contribution is -0.124. The largest absolute Gasteiger partial charge is 0.379 e. The van der Waals surface area contributed by atoms with Crippen LogP contribution >= 0.6 is 0 Å². The average molecular weight is 434 g/mol. The molecule has 0 radical (unpaired) electrons. The van der Waals surface area contributed by atoms with Crippen molar-refractivity contribution in [3.05, 3.63) is 70.8 Å². The Labute approximate surface area is 189 Å². The molecule has 1 saturated carbocycles. The molecule has 2 aromatic rings. The number of benzene rings is 2. The minimum atomic E-state index is -0.420. The van der Waals surface area contributed by atoms with E-state index < -0.39 is 5.92 Å². The molecule has 2 heterocycles. The van der Waals surface area contributed by atoms with Gasteiger partial charge in [-0.15, -0.1) is 0 Å². The lowest BCUT2D eigenvalue weighted by Gasteiger charge is -2.42. The molecule has 1 N–H and O–H groups in total. The molecule has 0 spiro atoms. The molecule has 1 aliphatic carbocycles. The van der Waals surface area contributed by atoms with E-state index >= 15 is 0 Å². The smallest absolute Gasteiger partial charge is 0.254 e. The van der Waals surface area contributed by atoms with Crippen LogP contribution in [-0.4, -0.2) is 67.0 Å². The molecule has 6 nitrogen and oxygen atoms in total. The Morgan fingerprint density at radius 1 is 1.09 bits per heavy atom. The van der Waals surface area contributed by atoms with Gasteiger partial charge in [0.2, 0.25) is 5.91 Å². The van der Waals surface area contributed by atoms with Crippen LogP contribution < -0.4 is 5.32 Å². The molecule has 6 heteroatoms. The van der Waals surface area contributed by atoms with Gasteiger partial charge in [0.15, 0.2) is 0 Å². The van der Waals surface area contributed by atoms with Gasteiger partial charge in [-0.1, -0.05) is 48.0 Å². The van der Waals surface area contributed by atoms with Gasteiger partial charge < -0.3 is 15.0 Å². The van der Waals surface area contributed by atoms with E-state index in [1.54, 1.807) is 0 Å². The number of ether oxygens (including phenoxy) is 1. The minimum absolute atomic E-state index is 0.00429. The molecule has 3 aliphatic rings. The molecule has 2 unspecified atom stereocenters. The van der Waals surface area contributed by atoms with Gasteiger partial charge in [0.1, 0.15) is 0 Å². The number of nitrogens with one attached hydrogen (secondary N) is 1. The molecule has 2 amide bonds. The maximum absolute atomic E-state index is 13.7. The Morgan fingerprint density at radius 2 is 1.88 bits per heavy atom. The topological polar surface area (TPSA) is 61.9 Å². The van der Waals surface area contributed by atoms with Gasteiger partial charge in [0.05, 0.1) is 25.2 Å². The van der Waals surface area contributed by atoms with Crippen LogP contribution in [0.2, 0.25) is 0 Å². The fourth-order valence-corrected chi connectivity index (χ4v) is 5.07. The SMILES string of the molecule is Cc1cccc(C2C(C(=O)NCCN3CCOCC3)c3ccccc3C(=O)N2C2CC2)c1. The highest BCUT2D eigenvalue weighted by atomic mass is 16.5. The van der Waals surface area contributed by atoms with Crippen LogP contribution in [0.1, 0.15) is 51.8 Å². The van der Waals surface area contributed by atoms with Gasteiger partial charge in [0, 0.05) is 37.8 Å². The number of aryl methyl sites for hydroxylation is 1. The summed E-state index contributed by atoms with van der Waals surface area (Å²) in [6.07, 6.45) is 2.00. The molecule has 32 heavy (non-hydrogen) atoms. The summed E-state index contributed by atoms with van der Waals surface area (Å²) in [7, 11) is 0. The third kappa shape index (κ3) is 4.17. The van der Waals surface area contributed by atoms with Gasteiger partial charge >= 0.3 is 0 Å². The fraction of sp³-hybridized carbons (Fsp3) is 0.462. The zero-order valence-electron chi connectivity index (χ0n) is 18.6. The van der Waals surface area contributed by atoms with Gasteiger partial charge in [-0.3, -0.25) is 14.5 Å². The van der Waals surface area contributed by atoms with E-state index in [1.165, 1.54) is 0 Å². The first-order valence-electron chi connectivity index (χ1n) is 11.7. The number of rotatable bonds is 6. The maximum atomic E-state index is 13.7. The van der Waals surface area contributed by atoms with Gasteiger partial charge in [-0.2, -0.15) is 0 Å². The monoisotopic (exact) mass is 433 g/mol. The summed E-state index contributed by atoms with van der Waals surface area (Å²) in [5.41, 5.74) is 3.67. The quantitative estimate of drug-likeness (QED) is 0.761. The Kier molecular flexibility index (Phi) is 5.98. The Hall–Kier alpha value is -2.70. The van der Waals surface area contributed by atoms with Crippen LogP contribution in [0.15, 0.2) is 48.5 Å². The van der Waals surface area contributed by atoms with E-state index in [1.807, 2.05) is 35.2 Å². The van der Waals surface area contributed by atoms with Gasteiger partial charge in [-0.05, 0) is 37.0 Å². The third-order valence-corrected chi connectivity index (χ3v) is 6.81. The number of carbonyl (C=O) groups is 2. The second-order valence-corrected chi connectivity index (χ2v) is 9.11. The molecule has 2 aromatic carbocycles. The van der Waals surface area contributed by atoms with Crippen molar-refractivity contribution in [1.82, 2.24) is 15.1 Å². The molecule has 168 valence electrons. The molecule has 5 rings (SSSR count). The van der Waals surface area contributed by atoms with Crippen LogP contribution in [0.4, 0.5) is 0 Å². The molecule has 0 bridgehead atoms. The van der Waals surface area contributed by atoms with Crippen molar-refractivity contribution in [1.29, 1.82) is 0 Å². The Bertz CT molecular complexity index is 997. The first kappa shape index (κ1) is 21.2. The first-order valence-corrected chi connectivity index (χ1v) is 11.7. The molecule has 2 fully saturated rings. The molecule has 0 aromatic heterocycles. The number of hydrogen-bond acceptors (Lipinski definition) is 4. The van der Waals surface area contributed by atoms with Crippen molar-refractivity contribution < 1.29 is 14.3 Å². The molecular formula is C26H31N3O3. The van der Waals surface area contributed by atoms with Gasteiger partial charge in [0.25, 0.3) is 5.91 Å². The molecule has 2 atom stereocenters. The maximum Gasteiger partial charge on any atom is 0.254 e. The third-order valence-electron chi connectivity index (χ3n) is 6.81. The Morgan fingerprint density at radius 3 is 2.62 bits per heavy atom. The van der Waals surface area contributed by atoms with Gasteiger partial charge in [-0.25, -0.2) is 0 Å². The normalized spacial score (nSPS) is 23.7. The van der Waals surface area contributed by atoms with Crippen molar-refractivity contribution in [2.24, 2.45) is 0 Å². The average Bonchev–Trinajstić information content (AvgIpc) is 3.65. The van der Waals surface area contributed by atoms with Crippen LogP contribution in [0, 0.1) is 6.92 Å². The number of morpholine rings is 1. The minimum Gasteiger partial charge on any atom is -0.379 e. The van der Waals surface area contributed by atoms with Crippen molar-refractivity contribution in [3.63, 3.8) is 0 Å². The summed E-state index contributed by atoms with van der Waals surface area (Å²) in [6, 6.07) is 15.8. The van der Waals surface area contributed by atoms with Crippen molar-refractivity contribution in [3.8, 4) is 0 Å². The van der Waals surface area contributed by atoms with Crippen molar-refractivity contribution >= 4 is 11.8 Å². The van der Waals surface area contributed by atoms with E-state index in [2.05, 4.69) is 35.3 Å². The summed E-state index contributed by atoms with van der Waals surface area (Å²) in [5.74, 6) is -0.377. The standard InChI is InChI=1S/C26H31N3O3/c1-18-5-4-6-19(17-18)24-23(25(30)27-11-12-28-13-15-32-16-14-28)21-7-2-3-8-22(21)26(31)29(24)20-9-10-20/h2-8,17,20,23-24H,9-16H2,1H3,(H,27,30). The van der Waals surface area contributed by atoms with Crippen LogP contribution in [0.3, 0.4) is 0 Å². The van der Waals surface area contributed by atoms with E-state index in [4.69, 9.17) is 4.74 Å². The molecule has 2 aliphatic heterocycles.